The van der Waals surface area contributed by atoms with E-state index < -0.39 is 18.1 Å². The maximum Gasteiger partial charge on any atom is 0.490 e. The number of carboxylic acid groups (broad SMARTS) is 1. The lowest BCUT2D eigenvalue weighted by Crippen LogP contribution is -2.21. The number of hydrogen-bond donors (Lipinski definition) is 2. The smallest absolute Gasteiger partial charge is 0.490 e. The van der Waals surface area contributed by atoms with Crippen LogP contribution in [0, 0.1) is 0 Å². The first-order valence-corrected chi connectivity index (χ1v) is 7.05. The monoisotopic (exact) mass is 364 g/mol. The molecule has 130 valence electrons. The predicted molar refractivity (Wildman–Crippen MR) is 76.7 cm³/mol. The normalized spacial score (nSPS) is 10.5. The predicted octanol–water partition coefficient (Wildman–Crippen LogP) is 2.72. The fourth-order valence-electron chi connectivity index (χ4n) is 1.25. The summed E-state index contributed by atoms with van der Waals surface area (Å²) in [6, 6.07) is 3.57. The Morgan fingerprint density at radius 2 is 2.00 bits per heavy atom. The van der Waals surface area contributed by atoms with Crippen LogP contribution in [-0.4, -0.2) is 44.9 Å². The first kappa shape index (κ1) is 19.4. The fraction of sp³-hybridized carbons (Fsp3) is 0.231. The van der Waals surface area contributed by atoms with E-state index in [2.05, 4.69) is 9.97 Å². The molecule has 2 aromatic heterocycles. The Morgan fingerprint density at radius 3 is 2.46 bits per heavy atom. The zero-order chi connectivity index (χ0) is 18.3. The minimum absolute atomic E-state index is 0.116. The van der Waals surface area contributed by atoms with Crippen LogP contribution in [0.25, 0.3) is 10.6 Å². The van der Waals surface area contributed by atoms with Gasteiger partial charge in [0.05, 0.1) is 6.61 Å². The molecule has 0 aliphatic heterocycles. The maximum atomic E-state index is 11.5. The van der Waals surface area contributed by atoms with Gasteiger partial charge in [0.2, 0.25) is 5.88 Å². The van der Waals surface area contributed by atoms with E-state index in [4.69, 9.17) is 14.6 Å². The average molecular weight is 364 g/mol. The van der Waals surface area contributed by atoms with Crippen molar-refractivity contribution in [1.82, 2.24) is 9.97 Å². The van der Waals surface area contributed by atoms with Gasteiger partial charge in [0, 0.05) is 18.0 Å². The van der Waals surface area contributed by atoms with Gasteiger partial charge in [-0.05, 0) is 19.1 Å². The fourth-order valence-corrected chi connectivity index (χ4v) is 2.10. The third-order valence-corrected chi connectivity index (χ3v) is 3.29. The third-order valence-electron chi connectivity index (χ3n) is 2.22. The molecule has 0 aliphatic rings. The number of carboxylic acids is 1. The molecule has 11 heteroatoms. The second-order valence-corrected chi connectivity index (χ2v) is 4.94. The van der Waals surface area contributed by atoms with Gasteiger partial charge in [0.15, 0.2) is 4.88 Å². The van der Waals surface area contributed by atoms with Crippen molar-refractivity contribution in [3.8, 4) is 16.5 Å². The zero-order valence-electron chi connectivity index (χ0n) is 12.1. The van der Waals surface area contributed by atoms with E-state index in [1.807, 2.05) is 0 Å². The van der Waals surface area contributed by atoms with Crippen molar-refractivity contribution in [2.24, 2.45) is 0 Å². The molecule has 2 N–H and O–H groups in total. The second-order valence-electron chi connectivity index (χ2n) is 3.94. The number of carbonyl (C=O) groups is 2. The second kappa shape index (κ2) is 8.24. The number of esters is 1. The van der Waals surface area contributed by atoms with Crippen molar-refractivity contribution < 1.29 is 37.7 Å². The summed E-state index contributed by atoms with van der Waals surface area (Å²) in [6.07, 6.45) is -1.82. The number of carbonyl (C=O) groups excluding carboxylic acids is 1. The lowest BCUT2D eigenvalue weighted by molar-refractivity contribution is -0.192. The number of aliphatic carboxylic acids is 1. The Morgan fingerprint density at radius 1 is 1.38 bits per heavy atom. The Labute approximate surface area is 137 Å². The van der Waals surface area contributed by atoms with Crippen LogP contribution in [0.4, 0.5) is 13.2 Å². The minimum atomic E-state index is -5.08. The van der Waals surface area contributed by atoms with E-state index in [9.17, 15) is 23.1 Å². The van der Waals surface area contributed by atoms with E-state index in [0.717, 1.165) is 16.9 Å². The van der Waals surface area contributed by atoms with Crippen LogP contribution < -0.4 is 0 Å². The number of halogens is 3. The summed E-state index contributed by atoms with van der Waals surface area (Å²) in [5, 5.41) is 17.2. The highest BCUT2D eigenvalue weighted by Crippen LogP contribution is 2.31. The molecule has 0 fully saturated rings. The highest BCUT2D eigenvalue weighted by Gasteiger charge is 2.38. The quantitative estimate of drug-likeness (QED) is 0.806. The molecule has 0 bridgehead atoms. The molecule has 0 spiro atoms. The van der Waals surface area contributed by atoms with Gasteiger partial charge in [0.1, 0.15) is 5.01 Å². The summed E-state index contributed by atoms with van der Waals surface area (Å²) in [6.45, 7) is 1.97. The first-order chi connectivity index (χ1) is 11.2. The maximum absolute atomic E-state index is 11.5. The van der Waals surface area contributed by atoms with Gasteiger partial charge < -0.3 is 14.9 Å². The number of aromatic hydroxyl groups is 1. The molecule has 24 heavy (non-hydrogen) atoms. The number of alkyl halides is 3. The van der Waals surface area contributed by atoms with Crippen molar-refractivity contribution in [3.63, 3.8) is 0 Å². The van der Waals surface area contributed by atoms with Crippen LogP contribution in [0.5, 0.6) is 5.88 Å². The Balaban J connectivity index is 0.000000351. The number of hydrogen-bond acceptors (Lipinski definition) is 7. The molecule has 0 atom stereocenters. The standard InChI is InChI=1S/C11H10N2O3S.C2HF3O2/c1-2-16-11(15)8-9(14)13-10(17-8)7-4-3-5-12-6-7;3-2(4,5)1(6)7/h3-6,14H,2H2,1H3;(H,6,7). The van der Waals surface area contributed by atoms with Gasteiger partial charge in [-0.2, -0.15) is 13.2 Å². The van der Waals surface area contributed by atoms with Crippen LogP contribution >= 0.6 is 11.3 Å². The van der Waals surface area contributed by atoms with Crippen LogP contribution in [0.1, 0.15) is 16.6 Å². The van der Waals surface area contributed by atoms with E-state index >= 15 is 0 Å². The Kier molecular flexibility index (Phi) is 6.65. The van der Waals surface area contributed by atoms with E-state index in [-0.39, 0.29) is 17.4 Å². The molecule has 0 radical (unpaired) electrons. The van der Waals surface area contributed by atoms with Gasteiger partial charge in [-0.1, -0.05) is 0 Å². The third kappa shape index (κ3) is 5.50. The molecule has 0 unspecified atom stereocenters. The summed E-state index contributed by atoms with van der Waals surface area (Å²) in [7, 11) is 0. The van der Waals surface area contributed by atoms with Crippen molar-refractivity contribution in [2.75, 3.05) is 6.61 Å². The number of rotatable bonds is 3. The van der Waals surface area contributed by atoms with Gasteiger partial charge in [0.25, 0.3) is 0 Å². The first-order valence-electron chi connectivity index (χ1n) is 6.24. The minimum Gasteiger partial charge on any atom is -0.492 e. The molecule has 0 aromatic carbocycles. The van der Waals surface area contributed by atoms with E-state index in [1.54, 1.807) is 31.5 Å². The summed E-state index contributed by atoms with van der Waals surface area (Å²) >= 11 is 1.08. The summed E-state index contributed by atoms with van der Waals surface area (Å²) in [5.74, 6) is -3.61. The zero-order valence-corrected chi connectivity index (χ0v) is 12.9. The molecule has 2 aromatic rings. The lowest BCUT2D eigenvalue weighted by atomic mass is 10.3. The molecule has 0 aliphatic carbocycles. The average Bonchev–Trinajstić information content (AvgIpc) is 2.90. The number of nitrogens with zero attached hydrogens (tertiary/aromatic N) is 2. The molecule has 2 rings (SSSR count). The lowest BCUT2D eigenvalue weighted by Gasteiger charge is -1.96. The largest absolute Gasteiger partial charge is 0.492 e. The molecule has 0 saturated carbocycles. The number of thiazole rings is 1. The highest BCUT2D eigenvalue weighted by atomic mass is 32.1. The van der Waals surface area contributed by atoms with Gasteiger partial charge in [-0.15, -0.1) is 11.3 Å². The van der Waals surface area contributed by atoms with Crippen LogP contribution in [0.15, 0.2) is 24.5 Å². The molecule has 0 amide bonds. The van der Waals surface area contributed by atoms with E-state index in [0.29, 0.717) is 5.01 Å². The summed E-state index contributed by atoms with van der Waals surface area (Å²) in [5.41, 5.74) is 0.753. The Bertz CT molecular complexity index is 703. The molecule has 2 heterocycles. The van der Waals surface area contributed by atoms with Crippen LogP contribution in [0.3, 0.4) is 0 Å². The summed E-state index contributed by atoms with van der Waals surface area (Å²) in [4.78, 5) is 28.4. The van der Waals surface area contributed by atoms with Crippen LogP contribution in [-0.2, 0) is 9.53 Å². The number of ether oxygens (including phenoxy) is 1. The molecular weight excluding hydrogens is 353 g/mol. The molecule has 7 nitrogen and oxygen atoms in total. The summed E-state index contributed by atoms with van der Waals surface area (Å²) < 4.78 is 36.5. The van der Waals surface area contributed by atoms with E-state index in [1.165, 1.54) is 0 Å². The van der Waals surface area contributed by atoms with Crippen molar-refractivity contribution in [2.45, 2.75) is 13.1 Å². The number of aromatic nitrogens is 2. The van der Waals surface area contributed by atoms with Crippen molar-refractivity contribution in [1.29, 1.82) is 0 Å². The number of pyridine rings is 1. The molecular formula is C13H11F3N2O5S. The molecule has 0 saturated heterocycles. The van der Waals surface area contributed by atoms with Gasteiger partial charge in [-0.3, -0.25) is 4.98 Å². The van der Waals surface area contributed by atoms with Crippen molar-refractivity contribution in [3.05, 3.63) is 29.4 Å². The highest BCUT2D eigenvalue weighted by molar-refractivity contribution is 7.17. The topological polar surface area (TPSA) is 110 Å². The van der Waals surface area contributed by atoms with Gasteiger partial charge in [-0.25, -0.2) is 14.6 Å². The van der Waals surface area contributed by atoms with Gasteiger partial charge >= 0.3 is 18.1 Å². The SMILES string of the molecule is CCOC(=O)c1sc(-c2cccnc2)nc1O.O=C(O)C(F)(F)F. The van der Waals surface area contributed by atoms with Crippen LogP contribution in [0.2, 0.25) is 0 Å². The van der Waals surface area contributed by atoms with Crippen molar-refractivity contribution >= 4 is 23.3 Å². The Hall–Kier alpha value is -2.69.